The Hall–Kier alpha value is -1.67. The van der Waals surface area contributed by atoms with Crippen LogP contribution in [0.4, 0.5) is 13.2 Å². The lowest BCUT2D eigenvalue weighted by Gasteiger charge is -2.09. The number of nitrogens with two attached hydrogens (primary N) is 1. The molecule has 16 heavy (non-hydrogen) atoms. The van der Waals surface area contributed by atoms with E-state index in [2.05, 4.69) is 10.7 Å². The zero-order valence-corrected chi connectivity index (χ0v) is 8.29. The second-order valence-corrected chi connectivity index (χ2v) is 3.17. The minimum absolute atomic E-state index is 0.259. The zero-order valence-electron chi connectivity index (χ0n) is 8.29. The van der Waals surface area contributed by atoms with E-state index in [-0.39, 0.29) is 5.75 Å². The maximum atomic E-state index is 11.8. The highest BCUT2D eigenvalue weighted by molar-refractivity contribution is 5.28. The highest BCUT2D eigenvalue weighted by Crippen LogP contribution is 2.22. The van der Waals surface area contributed by atoms with Crippen LogP contribution in [0.3, 0.4) is 0 Å². The summed E-state index contributed by atoms with van der Waals surface area (Å²) in [5, 5.41) is 0. The second-order valence-electron chi connectivity index (χ2n) is 3.17. The third-order valence-electron chi connectivity index (χ3n) is 1.83. The van der Waals surface area contributed by atoms with Crippen LogP contribution in [-0.4, -0.2) is 12.4 Å². The van der Waals surface area contributed by atoms with Gasteiger partial charge in [-0.2, -0.15) is 0 Å². The first kappa shape index (κ1) is 12.4. The molecular formula is C11H10F3NO. The number of rotatable bonds is 3. The number of alkyl halides is 3. The van der Waals surface area contributed by atoms with Crippen LogP contribution in [0, 0.1) is 12.3 Å². The van der Waals surface area contributed by atoms with Crippen molar-refractivity contribution in [1.29, 1.82) is 0 Å². The molecule has 1 unspecified atom stereocenters. The van der Waals surface area contributed by atoms with Gasteiger partial charge in [-0.1, -0.05) is 18.1 Å². The molecule has 0 radical (unpaired) electrons. The maximum Gasteiger partial charge on any atom is 0.573 e. The van der Waals surface area contributed by atoms with Crippen molar-refractivity contribution >= 4 is 0 Å². The standard InChI is InChI=1S/C11H10F3NO/c1-2-9(15)7-8-3-5-10(6-4-8)16-11(12,13)14/h1,3-6,9H,7,15H2. The molecule has 0 aliphatic carbocycles. The molecule has 0 amide bonds. The van der Waals surface area contributed by atoms with Crippen LogP contribution in [0.15, 0.2) is 24.3 Å². The molecule has 0 saturated carbocycles. The Kier molecular flexibility index (Phi) is 3.80. The third kappa shape index (κ3) is 4.24. The van der Waals surface area contributed by atoms with E-state index in [1.165, 1.54) is 24.3 Å². The molecule has 0 aromatic heterocycles. The van der Waals surface area contributed by atoms with E-state index in [0.29, 0.717) is 6.42 Å². The van der Waals surface area contributed by atoms with Gasteiger partial charge in [-0.05, 0) is 24.1 Å². The molecule has 0 fully saturated rings. The SMILES string of the molecule is C#CC(N)Cc1ccc(OC(F)(F)F)cc1. The molecule has 0 aliphatic heterocycles. The van der Waals surface area contributed by atoms with Gasteiger partial charge in [0.15, 0.2) is 0 Å². The van der Waals surface area contributed by atoms with Crippen molar-refractivity contribution in [3.05, 3.63) is 29.8 Å². The molecule has 1 aromatic carbocycles. The summed E-state index contributed by atoms with van der Waals surface area (Å²) in [6, 6.07) is 5.02. The summed E-state index contributed by atoms with van der Waals surface area (Å²) in [5.74, 6) is 2.07. The van der Waals surface area contributed by atoms with Crippen LogP contribution in [0.5, 0.6) is 5.75 Å². The zero-order chi connectivity index (χ0) is 12.2. The van der Waals surface area contributed by atoms with E-state index in [1.807, 2.05) is 0 Å². The van der Waals surface area contributed by atoms with Gasteiger partial charge in [-0.15, -0.1) is 19.6 Å². The number of hydrogen-bond acceptors (Lipinski definition) is 2. The summed E-state index contributed by atoms with van der Waals surface area (Å²) in [6.07, 6.45) is 0.834. The van der Waals surface area contributed by atoms with Gasteiger partial charge >= 0.3 is 6.36 Å². The molecule has 86 valence electrons. The highest BCUT2D eigenvalue weighted by atomic mass is 19.4. The number of benzene rings is 1. The Bertz CT molecular complexity index is 378. The first-order valence-electron chi connectivity index (χ1n) is 4.47. The largest absolute Gasteiger partial charge is 0.573 e. The molecule has 0 bridgehead atoms. The summed E-state index contributed by atoms with van der Waals surface area (Å²) in [4.78, 5) is 0. The predicted molar refractivity (Wildman–Crippen MR) is 53.6 cm³/mol. The summed E-state index contributed by atoms with van der Waals surface area (Å²) >= 11 is 0. The Morgan fingerprint density at radius 3 is 2.31 bits per heavy atom. The van der Waals surface area contributed by atoms with Crippen molar-refractivity contribution in [3.8, 4) is 18.1 Å². The number of hydrogen-bond donors (Lipinski definition) is 1. The Morgan fingerprint density at radius 2 is 1.88 bits per heavy atom. The van der Waals surface area contributed by atoms with Crippen LogP contribution in [0.2, 0.25) is 0 Å². The molecular weight excluding hydrogens is 219 g/mol. The number of halogens is 3. The van der Waals surface area contributed by atoms with Crippen molar-refractivity contribution in [2.75, 3.05) is 0 Å². The topological polar surface area (TPSA) is 35.2 Å². The molecule has 0 saturated heterocycles. The van der Waals surface area contributed by atoms with Crippen molar-refractivity contribution < 1.29 is 17.9 Å². The molecule has 2 nitrogen and oxygen atoms in total. The average molecular weight is 229 g/mol. The van der Waals surface area contributed by atoms with Gasteiger partial charge in [-0.3, -0.25) is 0 Å². The van der Waals surface area contributed by atoms with Gasteiger partial charge in [0.05, 0.1) is 6.04 Å². The Labute approximate surface area is 91.2 Å². The summed E-state index contributed by atoms with van der Waals surface area (Å²) in [7, 11) is 0. The van der Waals surface area contributed by atoms with E-state index in [9.17, 15) is 13.2 Å². The molecule has 1 atom stereocenters. The maximum absolute atomic E-state index is 11.8. The normalized spacial score (nSPS) is 12.9. The van der Waals surface area contributed by atoms with Gasteiger partial charge in [0.2, 0.25) is 0 Å². The fraction of sp³-hybridized carbons (Fsp3) is 0.273. The van der Waals surface area contributed by atoms with Gasteiger partial charge in [0, 0.05) is 0 Å². The minimum atomic E-state index is -4.67. The van der Waals surface area contributed by atoms with Gasteiger partial charge in [-0.25, -0.2) is 0 Å². The molecule has 1 rings (SSSR count). The van der Waals surface area contributed by atoms with Gasteiger partial charge in [0.1, 0.15) is 5.75 Å². The van der Waals surface area contributed by atoms with E-state index >= 15 is 0 Å². The van der Waals surface area contributed by atoms with Crippen LogP contribution in [-0.2, 0) is 6.42 Å². The molecule has 0 spiro atoms. The van der Waals surface area contributed by atoms with Crippen LogP contribution in [0.25, 0.3) is 0 Å². The summed E-state index contributed by atoms with van der Waals surface area (Å²) in [6.45, 7) is 0. The lowest BCUT2D eigenvalue weighted by molar-refractivity contribution is -0.274. The third-order valence-corrected chi connectivity index (χ3v) is 1.83. The first-order chi connectivity index (χ1) is 7.40. The quantitative estimate of drug-likeness (QED) is 0.805. The number of terminal acetylenes is 1. The average Bonchev–Trinajstić information content (AvgIpc) is 2.18. The van der Waals surface area contributed by atoms with E-state index in [0.717, 1.165) is 5.56 Å². The Morgan fingerprint density at radius 1 is 1.31 bits per heavy atom. The smallest absolute Gasteiger partial charge is 0.406 e. The van der Waals surface area contributed by atoms with Gasteiger partial charge in [0.25, 0.3) is 0 Å². The molecule has 5 heteroatoms. The fourth-order valence-corrected chi connectivity index (χ4v) is 1.14. The molecule has 1 aromatic rings. The molecule has 0 aliphatic rings. The second kappa shape index (κ2) is 4.90. The van der Waals surface area contributed by atoms with Crippen molar-refractivity contribution in [2.24, 2.45) is 5.73 Å². The highest BCUT2D eigenvalue weighted by Gasteiger charge is 2.30. The van der Waals surface area contributed by atoms with Gasteiger partial charge < -0.3 is 10.5 Å². The Balaban J connectivity index is 2.65. The molecule has 2 N–H and O–H groups in total. The monoisotopic (exact) mass is 229 g/mol. The predicted octanol–water partition coefficient (Wildman–Crippen LogP) is 2.09. The number of ether oxygens (including phenoxy) is 1. The fourth-order valence-electron chi connectivity index (χ4n) is 1.14. The van der Waals surface area contributed by atoms with Crippen LogP contribution >= 0.6 is 0 Å². The van der Waals surface area contributed by atoms with Crippen molar-refractivity contribution in [3.63, 3.8) is 0 Å². The molecule has 0 heterocycles. The summed E-state index contributed by atoms with van der Waals surface area (Å²) < 4.78 is 39.2. The van der Waals surface area contributed by atoms with Crippen LogP contribution in [0.1, 0.15) is 5.56 Å². The summed E-state index contributed by atoms with van der Waals surface area (Å²) in [5.41, 5.74) is 6.26. The lowest BCUT2D eigenvalue weighted by Crippen LogP contribution is -2.20. The van der Waals surface area contributed by atoms with E-state index in [1.54, 1.807) is 0 Å². The van der Waals surface area contributed by atoms with Crippen molar-refractivity contribution in [1.82, 2.24) is 0 Å². The van der Waals surface area contributed by atoms with E-state index in [4.69, 9.17) is 12.2 Å². The minimum Gasteiger partial charge on any atom is -0.406 e. The van der Waals surface area contributed by atoms with Crippen LogP contribution < -0.4 is 10.5 Å². The lowest BCUT2D eigenvalue weighted by atomic mass is 10.1. The van der Waals surface area contributed by atoms with Crippen molar-refractivity contribution in [2.45, 2.75) is 18.8 Å². The van der Waals surface area contributed by atoms with E-state index < -0.39 is 12.4 Å². The first-order valence-corrected chi connectivity index (χ1v) is 4.47.